The number of carbonyl (C=O) groups excluding carboxylic acids is 1. The van der Waals surface area contributed by atoms with Crippen molar-refractivity contribution in [3.63, 3.8) is 0 Å². The van der Waals surface area contributed by atoms with Gasteiger partial charge in [-0.3, -0.25) is 4.79 Å². The van der Waals surface area contributed by atoms with Gasteiger partial charge in [0.15, 0.2) is 10.6 Å². The Morgan fingerprint density at radius 1 is 1.38 bits per heavy atom. The standard InChI is InChI=1S/C14H17F2N3OS/c1-14(2,3)18-11(20)4-5-19-10-7-8(15)6-9(16)12(10)17-13(19)21/h6-7H,4-5H2,1-3H3,(H,17,21)(H,18,20). The van der Waals surface area contributed by atoms with E-state index in [2.05, 4.69) is 10.3 Å². The highest BCUT2D eigenvalue weighted by Crippen LogP contribution is 2.19. The molecule has 1 heterocycles. The first-order valence-corrected chi connectivity index (χ1v) is 6.97. The zero-order valence-electron chi connectivity index (χ0n) is 12.1. The quantitative estimate of drug-likeness (QED) is 0.854. The Balaban J connectivity index is 2.25. The molecule has 1 amide bonds. The van der Waals surface area contributed by atoms with Crippen LogP contribution < -0.4 is 5.32 Å². The Morgan fingerprint density at radius 2 is 2.05 bits per heavy atom. The summed E-state index contributed by atoms with van der Waals surface area (Å²) in [5, 5.41) is 2.83. The number of halogens is 2. The zero-order chi connectivity index (χ0) is 15.8. The average molecular weight is 313 g/mol. The molecule has 0 aliphatic carbocycles. The fourth-order valence-corrected chi connectivity index (χ4v) is 2.39. The van der Waals surface area contributed by atoms with Crippen LogP contribution in [0.2, 0.25) is 0 Å². The molecule has 0 aliphatic heterocycles. The minimum absolute atomic E-state index is 0.143. The normalized spacial score (nSPS) is 11.9. The number of fused-ring (bicyclic) bond motifs is 1. The van der Waals surface area contributed by atoms with Gasteiger partial charge in [0.2, 0.25) is 5.91 Å². The van der Waals surface area contributed by atoms with Gasteiger partial charge in [0.05, 0.1) is 5.52 Å². The van der Waals surface area contributed by atoms with Crippen LogP contribution in [0.1, 0.15) is 27.2 Å². The molecule has 0 saturated heterocycles. The number of carbonyl (C=O) groups is 1. The summed E-state index contributed by atoms with van der Waals surface area (Å²) in [6.45, 7) is 5.90. The molecule has 1 aromatic heterocycles. The van der Waals surface area contributed by atoms with Crippen LogP contribution >= 0.6 is 12.2 Å². The van der Waals surface area contributed by atoms with Crippen molar-refractivity contribution >= 4 is 29.2 Å². The molecule has 0 saturated carbocycles. The summed E-state index contributed by atoms with van der Waals surface area (Å²) in [4.78, 5) is 14.5. The third-order valence-corrected chi connectivity index (χ3v) is 3.20. The van der Waals surface area contributed by atoms with E-state index in [4.69, 9.17) is 12.2 Å². The van der Waals surface area contributed by atoms with Crippen LogP contribution in [-0.4, -0.2) is 21.0 Å². The van der Waals surface area contributed by atoms with Crippen molar-refractivity contribution in [2.24, 2.45) is 0 Å². The number of benzene rings is 1. The Bertz CT molecular complexity index is 743. The third kappa shape index (κ3) is 3.66. The second-order valence-electron chi connectivity index (χ2n) is 5.91. The molecule has 0 unspecified atom stereocenters. The van der Waals surface area contributed by atoms with Crippen molar-refractivity contribution < 1.29 is 13.6 Å². The summed E-state index contributed by atoms with van der Waals surface area (Å²) in [6.07, 6.45) is 0.177. The predicted molar refractivity (Wildman–Crippen MR) is 79.6 cm³/mol. The predicted octanol–water partition coefficient (Wildman–Crippen LogP) is 3.28. The number of hydrogen-bond donors (Lipinski definition) is 2. The van der Waals surface area contributed by atoms with Gasteiger partial charge in [-0.15, -0.1) is 0 Å². The molecule has 4 nitrogen and oxygen atoms in total. The molecule has 7 heteroatoms. The summed E-state index contributed by atoms with van der Waals surface area (Å²) in [6, 6.07) is 2.00. The van der Waals surface area contributed by atoms with Crippen LogP contribution in [0.25, 0.3) is 11.0 Å². The minimum Gasteiger partial charge on any atom is -0.351 e. The molecule has 0 aliphatic rings. The number of amides is 1. The van der Waals surface area contributed by atoms with Crippen molar-refractivity contribution in [3.8, 4) is 0 Å². The number of nitrogens with zero attached hydrogens (tertiary/aromatic N) is 1. The second-order valence-corrected chi connectivity index (χ2v) is 6.30. The number of H-pyrrole nitrogens is 1. The summed E-state index contributed by atoms with van der Waals surface area (Å²) in [5.41, 5.74) is 0.149. The lowest BCUT2D eigenvalue weighted by atomic mass is 10.1. The van der Waals surface area contributed by atoms with Crippen molar-refractivity contribution in [1.29, 1.82) is 0 Å². The maximum Gasteiger partial charge on any atom is 0.222 e. The van der Waals surface area contributed by atoms with Crippen LogP contribution in [0.3, 0.4) is 0 Å². The molecule has 114 valence electrons. The monoisotopic (exact) mass is 313 g/mol. The van der Waals surface area contributed by atoms with E-state index >= 15 is 0 Å². The smallest absolute Gasteiger partial charge is 0.222 e. The van der Waals surface area contributed by atoms with E-state index in [9.17, 15) is 13.6 Å². The second kappa shape index (κ2) is 5.55. The van der Waals surface area contributed by atoms with Crippen molar-refractivity contribution in [3.05, 3.63) is 28.5 Å². The fourth-order valence-electron chi connectivity index (χ4n) is 2.10. The number of rotatable bonds is 3. The van der Waals surface area contributed by atoms with Gasteiger partial charge in [0.1, 0.15) is 11.3 Å². The highest BCUT2D eigenvalue weighted by Gasteiger charge is 2.15. The zero-order valence-corrected chi connectivity index (χ0v) is 12.9. The molecule has 0 spiro atoms. The van der Waals surface area contributed by atoms with Crippen molar-refractivity contribution in [1.82, 2.24) is 14.9 Å². The van der Waals surface area contributed by atoms with E-state index in [0.717, 1.165) is 6.07 Å². The van der Waals surface area contributed by atoms with E-state index in [-0.39, 0.29) is 34.7 Å². The van der Waals surface area contributed by atoms with Gasteiger partial charge in [0, 0.05) is 24.6 Å². The van der Waals surface area contributed by atoms with Gasteiger partial charge in [-0.1, -0.05) is 0 Å². The van der Waals surface area contributed by atoms with E-state index < -0.39 is 11.6 Å². The summed E-state index contributed by atoms with van der Waals surface area (Å²) < 4.78 is 28.8. The molecule has 2 N–H and O–H groups in total. The van der Waals surface area contributed by atoms with Crippen LogP contribution in [-0.2, 0) is 11.3 Å². The summed E-state index contributed by atoms with van der Waals surface area (Å²) in [7, 11) is 0. The number of aromatic amines is 1. The molecule has 0 radical (unpaired) electrons. The molecule has 0 atom stereocenters. The first kappa shape index (κ1) is 15.6. The Hall–Kier alpha value is -1.76. The highest BCUT2D eigenvalue weighted by atomic mass is 32.1. The van der Waals surface area contributed by atoms with Gasteiger partial charge < -0.3 is 14.9 Å². The lowest BCUT2D eigenvalue weighted by Crippen LogP contribution is -2.40. The average Bonchev–Trinajstić information content (AvgIpc) is 2.61. The number of hydrogen-bond acceptors (Lipinski definition) is 2. The van der Waals surface area contributed by atoms with Gasteiger partial charge >= 0.3 is 0 Å². The van der Waals surface area contributed by atoms with Crippen molar-refractivity contribution in [2.75, 3.05) is 0 Å². The van der Waals surface area contributed by atoms with Gasteiger partial charge in [-0.25, -0.2) is 8.78 Å². The Labute approximate surface area is 126 Å². The molecule has 2 rings (SSSR count). The third-order valence-electron chi connectivity index (χ3n) is 2.88. The maximum atomic E-state index is 13.7. The van der Waals surface area contributed by atoms with Crippen LogP contribution in [0.4, 0.5) is 8.78 Å². The molecule has 0 fully saturated rings. The minimum atomic E-state index is -0.700. The SMILES string of the molecule is CC(C)(C)NC(=O)CCn1c(=S)[nH]c2c(F)cc(F)cc21. The highest BCUT2D eigenvalue weighted by molar-refractivity contribution is 7.71. The molecule has 1 aromatic carbocycles. The maximum absolute atomic E-state index is 13.7. The molecule has 0 bridgehead atoms. The Morgan fingerprint density at radius 3 is 2.67 bits per heavy atom. The topological polar surface area (TPSA) is 49.8 Å². The molecule has 2 aromatic rings. The van der Waals surface area contributed by atoms with Crippen LogP contribution in [0.5, 0.6) is 0 Å². The summed E-state index contributed by atoms with van der Waals surface area (Å²) in [5.74, 6) is -1.52. The van der Waals surface area contributed by atoms with E-state index in [1.54, 1.807) is 0 Å². The lowest BCUT2D eigenvalue weighted by molar-refractivity contribution is -0.122. The van der Waals surface area contributed by atoms with Crippen molar-refractivity contribution in [2.45, 2.75) is 39.3 Å². The van der Waals surface area contributed by atoms with E-state index in [0.29, 0.717) is 5.52 Å². The number of imidazole rings is 1. The van der Waals surface area contributed by atoms with E-state index in [1.165, 1.54) is 10.6 Å². The molecule has 21 heavy (non-hydrogen) atoms. The first-order chi connectivity index (χ1) is 9.67. The lowest BCUT2D eigenvalue weighted by Gasteiger charge is -2.20. The number of aromatic nitrogens is 2. The number of aryl methyl sites for hydroxylation is 1. The molecular weight excluding hydrogens is 296 g/mol. The van der Waals surface area contributed by atoms with Gasteiger partial charge in [-0.05, 0) is 39.1 Å². The summed E-state index contributed by atoms with van der Waals surface area (Å²) >= 11 is 5.10. The van der Waals surface area contributed by atoms with Crippen LogP contribution in [0, 0.1) is 16.4 Å². The van der Waals surface area contributed by atoms with E-state index in [1.807, 2.05) is 20.8 Å². The van der Waals surface area contributed by atoms with Gasteiger partial charge in [-0.2, -0.15) is 0 Å². The molecular formula is C14H17F2N3OS. The van der Waals surface area contributed by atoms with Gasteiger partial charge in [0.25, 0.3) is 0 Å². The largest absolute Gasteiger partial charge is 0.351 e. The fraction of sp³-hybridized carbons (Fsp3) is 0.429. The Kier molecular flexibility index (Phi) is 4.13. The number of nitrogens with one attached hydrogen (secondary N) is 2. The first-order valence-electron chi connectivity index (χ1n) is 6.56. The van der Waals surface area contributed by atoms with Crippen LogP contribution in [0.15, 0.2) is 12.1 Å².